The molecule has 4 aliphatic rings. The van der Waals surface area contributed by atoms with E-state index in [1.807, 2.05) is 71.7 Å². The van der Waals surface area contributed by atoms with Gasteiger partial charge in [0.2, 0.25) is 11.8 Å². The third-order valence-corrected chi connectivity index (χ3v) is 10.5. The van der Waals surface area contributed by atoms with E-state index < -0.39 is 22.6 Å². The van der Waals surface area contributed by atoms with Crippen molar-refractivity contribution in [3.63, 3.8) is 0 Å². The van der Waals surface area contributed by atoms with Gasteiger partial charge in [-0.05, 0) is 30.5 Å². The van der Waals surface area contributed by atoms with E-state index >= 15 is 0 Å². The van der Waals surface area contributed by atoms with E-state index in [0.717, 1.165) is 5.56 Å². The van der Waals surface area contributed by atoms with E-state index in [1.165, 1.54) is 0 Å². The molecule has 9 heteroatoms. The predicted octanol–water partition coefficient (Wildman–Crippen LogP) is 3.91. The Labute approximate surface area is 243 Å². The smallest absolute Gasteiger partial charge is 0.251 e. The molecule has 2 saturated heterocycles. The van der Waals surface area contributed by atoms with Crippen LogP contribution in [0.25, 0.3) is 0 Å². The maximum absolute atomic E-state index is 14.4. The normalized spacial score (nSPS) is 29.4. The van der Waals surface area contributed by atoms with E-state index in [2.05, 4.69) is 6.08 Å². The second kappa shape index (κ2) is 11.1. The number of likely N-dealkylation sites (tertiary alicyclic amines) is 1. The van der Waals surface area contributed by atoms with Gasteiger partial charge in [-0.25, -0.2) is 0 Å². The number of nitrogens with zero attached hydrogens (tertiary/aromatic N) is 3. The lowest BCUT2D eigenvalue weighted by atomic mass is 9.78. The quantitative estimate of drug-likeness (QED) is 0.399. The number of benzene rings is 2. The van der Waals surface area contributed by atoms with Crippen LogP contribution in [0.2, 0.25) is 5.02 Å². The van der Waals surface area contributed by atoms with Gasteiger partial charge in [0.05, 0.1) is 27.3 Å². The van der Waals surface area contributed by atoms with Crippen molar-refractivity contribution in [1.29, 1.82) is 0 Å². The van der Waals surface area contributed by atoms with Gasteiger partial charge >= 0.3 is 0 Å². The number of carbonyl (C=O) groups excluding carboxylic acids is 3. The third-order valence-electron chi connectivity index (χ3n) is 8.41. The standard InChI is InChI=1S/C31H32ClN3O4S/c32-22-12-4-5-13-23(22)34-18-9-15-31-26(29(38)35(17-6-7-19-36)27(31)30(34)39)25-24(40-31)14-8-16-33(28(25)37)20-21-10-2-1-3-11-21/h1-5,8-15,24-27,36H,6-7,16-20H2/t24-,25+,26+,27?,31+/m1/s1. The molecule has 7 nitrogen and oxygen atoms in total. The van der Waals surface area contributed by atoms with Crippen LogP contribution >= 0.6 is 23.4 Å². The van der Waals surface area contributed by atoms with E-state index in [1.54, 1.807) is 27.6 Å². The molecule has 40 heavy (non-hydrogen) atoms. The predicted molar refractivity (Wildman–Crippen MR) is 157 cm³/mol. The van der Waals surface area contributed by atoms with Crippen LogP contribution in [-0.4, -0.2) is 74.9 Å². The van der Waals surface area contributed by atoms with Gasteiger partial charge in [-0.1, -0.05) is 78.4 Å². The molecule has 1 N–H and O–H groups in total. The number of thioether (sulfide) groups is 1. The van der Waals surface area contributed by atoms with Crippen LogP contribution in [0, 0.1) is 11.8 Å². The summed E-state index contributed by atoms with van der Waals surface area (Å²) in [6, 6.07) is 16.3. The number of unbranched alkanes of at least 4 members (excludes halogenated alkanes) is 1. The van der Waals surface area contributed by atoms with E-state index in [4.69, 9.17) is 11.6 Å². The first-order valence-electron chi connectivity index (χ1n) is 13.8. The topological polar surface area (TPSA) is 81.2 Å². The summed E-state index contributed by atoms with van der Waals surface area (Å²) in [4.78, 5) is 48.1. The number of aliphatic hydroxyl groups is 1. The van der Waals surface area contributed by atoms with Gasteiger partial charge in [-0.2, -0.15) is 0 Å². The molecule has 1 unspecified atom stereocenters. The van der Waals surface area contributed by atoms with Crippen molar-refractivity contribution in [2.24, 2.45) is 11.8 Å². The number of anilines is 1. The Morgan fingerprint density at radius 3 is 2.48 bits per heavy atom. The maximum Gasteiger partial charge on any atom is 0.251 e. The average molecular weight is 578 g/mol. The zero-order valence-electron chi connectivity index (χ0n) is 22.1. The van der Waals surface area contributed by atoms with Gasteiger partial charge in [0, 0.05) is 38.0 Å². The first-order valence-corrected chi connectivity index (χ1v) is 15.0. The molecule has 2 aromatic carbocycles. The largest absolute Gasteiger partial charge is 0.396 e. The van der Waals surface area contributed by atoms with E-state index in [9.17, 15) is 19.5 Å². The van der Waals surface area contributed by atoms with Crippen LogP contribution in [0.4, 0.5) is 5.69 Å². The number of hydrogen-bond donors (Lipinski definition) is 1. The number of rotatable bonds is 7. The molecule has 0 saturated carbocycles. The minimum absolute atomic E-state index is 0.0119. The highest BCUT2D eigenvalue weighted by atomic mass is 35.5. The van der Waals surface area contributed by atoms with Crippen molar-refractivity contribution in [3.05, 3.63) is 89.5 Å². The van der Waals surface area contributed by atoms with Crippen LogP contribution in [-0.2, 0) is 20.9 Å². The highest BCUT2D eigenvalue weighted by Gasteiger charge is 2.71. The molecule has 4 heterocycles. The molecule has 2 fully saturated rings. The van der Waals surface area contributed by atoms with Crippen LogP contribution in [0.1, 0.15) is 18.4 Å². The summed E-state index contributed by atoms with van der Waals surface area (Å²) in [5.41, 5.74) is 1.63. The van der Waals surface area contributed by atoms with Crippen LogP contribution in [0.5, 0.6) is 0 Å². The molecule has 5 atom stereocenters. The van der Waals surface area contributed by atoms with Gasteiger partial charge in [-0.3, -0.25) is 14.4 Å². The van der Waals surface area contributed by atoms with Crippen molar-refractivity contribution in [1.82, 2.24) is 9.80 Å². The molecule has 0 aliphatic carbocycles. The number of para-hydroxylation sites is 1. The second-order valence-electron chi connectivity index (χ2n) is 10.7. The second-order valence-corrected chi connectivity index (χ2v) is 12.6. The Balaban J connectivity index is 1.39. The summed E-state index contributed by atoms with van der Waals surface area (Å²) in [7, 11) is 0. The van der Waals surface area contributed by atoms with Gasteiger partial charge in [0.25, 0.3) is 5.91 Å². The molecular formula is C31H32ClN3O4S. The number of hydrogen-bond acceptors (Lipinski definition) is 5. The zero-order chi connectivity index (χ0) is 27.9. The van der Waals surface area contributed by atoms with Gasteiger partial charge in [-0.15, -0.1) is 11.8 Å². The minimum atomic E-state index is -0.880. The fourth-order valence-corrected chi connectivity index (χ4v) is 8.90. The monoisotopic (exact) mass is 577 g/mol. The molecule has 0 radical (unpaired) electrons. The maximum atomic E-state index is 14.4. The molecule has 208 valence electrons. The Morgan fingerprint density at radius 2 is 1.70 bits per heavy atom. The number of halogens is 1. The van der Waals surface area contributed by atoms with Gasteiger partial charge in [0.15, 0.2) is 0 Å². The number of fused-ring (bicyclic) bond motifs is 2. The summed E-state index contributed by atoms with van der Waals surface area (Å²) in [5.74, 6) is -1.65. The lowest BCUT2D eigenvalue weighted by Gasteiger charge is -2.35. The lowest BCUT2D eigenvalue weighted by molar-refractivity contribution is -0.143. The SMILES string of the molecule is O=C1[C@@H]2[C@H]3C(=O)N(CCCCO)C4C(=O)N(c5ccccc5Cl)CC=C[C@@]43S[C@@H]2C=CCN1Cc1ccccc1. The molecule has 4 aliphatic heterocycles. The molecule has 3 amide bonds. The summed E-state index contributed by atoms with van der Waals surface area (Å²) in [6.07, 6.45) is 9.14. The van der Waals surface area contributed by atoms with Crippen LogP contribution in [0.15, 0.2) is 78.9 Å². The Bertz CT molecular complexity index is 1370. The summed E-state index contributed by atoms with van der Waals surface area (Å²) in [5, 5.41) is 9.67. The van der Waals surface area contributed by atoms with E-state index in [-0.39, 0.29) is 29.6 Å². The van der Waals surface area contributed by atoms with Gasteiger partial charge < -0.3 is 19.8 Å². The van der Waals surface area contributed by atoms with Crippen LogP contribution < -0.4 is 4.90 Å². The Morgan fingerprint density at radius 1 is 0.925 bits per heavy atom. The summed E-state index contributed by atoms with van der Waals surface area (Å²) >= 11 is 8.10. The third kappa shape index (κ3) is 4.46. The minimum Gasteiger partial charge on any atom is -0.396 e. The first kappa shape index (κ1) is 27.1. The number of aliphatic hydroxyl groups excluding tert-OH is 1. The lowest BCUT2D eigenvalue weighted by Crippen LogP contribution is -2.53. The highest BCUT2D eigenvalue weighted by molar-refractivity contribution is 8.02. The van der Waals surface area contributed by atoms with Crippen molar-refractivity contribution in [2.45, 2.75) is 35.4 Å². The number of carbonyl (C=O) groups is 3. The van der Waals surface area contributed by atoms with Crippen molar-refractivity contribution in [3.8, 4) is 0 Å². The molecular weight excluding hydrogens is 546 g/mol. The zero-order valence-corrected chi connectivity index (χ0v) is 23.6. The molecule has 6 rings (SSSR count). The fourth-order valence-electron chi connectivity index (χ4n) is 6.66. The molecule has 0 bridgehead atoms. The summed E-state index contributed by atoms with van der Waals surface area (Å²) in [6.45, 7) is 1.62. The first-order chi connectivity index (χ1) is 19.5. The fraction of sp³-hybridized carbons (Fsp3) is 0.387. The van der Waals surface area contributed by atoms with Crippen molar-refractivity contribution >= 4 is 46.8 Å². The number of amides is 3. The van der Waals surface area contributed by atoms with Crippen molar-refractivity contribution in [2.75, 3.05) is 31.1 Å². The van der Waals surface area contributed by atoms with Crippen molar-refractivity contribution < 1.29 is 19.5 Å². The Hall–Kier alpha value is -3.07. The average Bonchev–Trinajstić information content (AvgIpc) is 3.27. The van der Waals surface area contributed by atoms with Crippen LogP contribution in [0.3, 0.4) is 0 Å². The molecule has 0 aromatic heterocycles. The highest BCUT2D eigenvalue weighted by Crippen LogP contribution is 2.61. The van der Waals surface area contributed by atoms with E-state index in [0.29, 0.717) is 49.7 Å². The molecule has 2 aromatic rings. The Kier molecular flexibility index (Phi) is 7.50. The molecule has 1 spiro atoms. The van der Waals surface area contributed by atoms with Gasteiger partial charge in [0.1, 0.15) is 6.04 Å². The summed E-state index contributed by atoms with van der Waals surface area (Å²) < 4.78 is -0.880.